The first kappa shape index (κ1) is 19.3. The summed E-state index contributed by atoms with van der Waals surface area (Å²) in [6.07, 6.45) is 0.294. The lowest BCUT2D eigenvalue weighted by atomic mass is 10.4. The van der Waals surface area contributed by atoms with Gasteiger partial charge in [-0.2, -0.15) is 18.3 Å². The van der Waals surface area contributed by atoms with Gasteiger partial charge in [-0.1, -0.05) is 0 Å². The number of aliphatic imine (C=N–C) groups is 1. The van der Waals surface area contributed by atoms with E-state index in [1.165, 1.54) is 11.9 Å². The maximum Gasteiger partial charge on any atom is 0.401 e. The molecule has 0 amide bonds. The van der Waals surface area contributed by atoms with Gasteiger partial charge >= 0.3 is 6.18 Å². The Bertz CT molecular complexity index is 444. The van der Waals surface area contributed by atoms with E-state index in [1.807, 2.05) is 23.9 Å². The molecule has 0 unspecified atom stereocenters. The lowest BCUT2D eigenvalue weighted by Gasteiger charge is -2.19. The molecule has 132 valence electrons. The summed E-state index contributed by atoms with van der Waals surface area (Å²) in [6, 6.07) is 1.87. The average Bonchev–Trinajstić information content (AvgIpc) is 2.94. The number of halogens is 3. The molecule has 0 aliphatic carbocycles. The van der Waals surface area contributed by atoms with Crippen molar-refractivity contribution in [1.82, 2.24) is 25.3 Å². The lowest BCUT2D eigenvalue weighted by molar-refractivity contribution is -0.142. The van der Waals surface area contributed by atoms with Crippen LogP contribution in [0, 0.1) is 0 Å². The molecule has 1 rings (SSSR count). The van der Waals surface area contributed by atoms with Crippen LogP contribution in [0.3, 0.4) is 0 Å². The first-order valence-corrected chi connectivity index (χ1v) is 7.65. The molecule has 0 spiro atoms. The van der Waals surface area contributed by atoms with E-state index in [1.54, 1.807) is 6.20 Å². The van der Waals surface area contributed by atoms with Gasteiger partial charge < -0.3 is 10.6 Å². The Labute approximate surface area is 134 Å². The summed E-state index contributed by atoms with van der Waals surface area (Å²) in [5.74, 6) is 0.619. The summed E-state index contributed by atoms with van der Waals surface area (Å²) in [5.41, 5.74) is 0. The van der Waals surface area contributed by atoms with Gasteiger partial charge in [0.1, 0.15) is 0 Å². The highest BCUT2D eigenvalue weighted by Gasteiger charge is 2.28. The average molecular weight is 334 g/mol. The molecule has 0 saturated heterocycles. The standard InChI is InChI=1S/C14H25F3N6/c1-3-18-13(19-6-4-9-23-10-5-7-21-23)20-8-11-22(2)12-14(15,16)17/h5,7,10H,3-4,6,8-9,11-12H2,1-2H3,(H2,18,19,20). The number of rotatable bonds is 9. The van der Waals surface area contributed by atoms with Crippen LogP contribution in [-0.2, 0) is 6.54 Å². The molecule has 0 aliphatic heterocycles. The van der Waals surface area contributed by atoms with Gasteiger partial charge in [-0.15, -0.1) is 0 Å². The highest BCUT2D eigenvalue weighted by Crippen LogP contribution is 2.14. The zero-order chi connectivity index (χ0) is 17.1. The molecule has 1 aromatic rings. The van der Waals surface area contributed by atoms with Crippen molar-refractivity contribution in [3.63, 3.8) is 0 Å². The third-order valence-electron chi connectivity index (χ3n) is 2.95. The Balaban J connectivity index is 2.26. The van der Waals surface area contributed by atoms with Gasteiger partial charge in [-0.3, -0.25) is 14.6 Å². The first-order valence-electron chi connectivity index (χ1n) is 7.65. The SMILES string of the molecule is CCNC(=NCCCn1cccn1)NCCN(C)CC(F)(F)F. The minimum atomic E-state index is -4.17. The molecule has 1 aromatic heterocycles. The van der Waals surface area contributed by atoms with Crippen LogP contribution in [0.25, 0.3) is 0 Å². The van der Waals surface area contributed by atoms with Crippen molar-refractivity contribution in [2.45, 2.75) is 26.1 Å². The molecule has 0 aromatic carbocycles. The number of likely N-dealkylation sites (N-methyl/N-ethyl adjacent to an activating group) is 1. The quantitative estimate of drug-likeness (QED) is 0.406. The Morgan fingerprint density at radius 2 is 2.13 bits per heavy atom. The van der Waals surface area contributed by atoms with E-state index in [4.69, 9.17) is 0 Å². The number of aryl methyl sites for hydroxylation is 1. The van der Waals surface area contributed by atoms with Crippen molar-refractivity contribution in [2.75, 3.05) is 39.8 Å². The molecule has 0 atom stereocenters. The van der Waals surface area contributed by atoms with Crippen LogP contribution in [0.1, 0.15) is 13.3 Å². The second-order valence-electron chi connectivity index (χ2n) is 5.16. The first-order chi connectivity index (χ1) is 10.9. The molecular weight excluding hydrogens is 309 g/mol. The maximum absolute atomic E-state index is 12.2. The van der Waals surface area contributed by atoms with Crippen LogP contribution in [0.4, 0.5) is 13.2 Å². The fourth-order valence-electron chi connectivity index (χ4n) is 1.95. The predicted molar refractivity (Wildman–Crippen MR) is 84.4 cm³/mol. The summed E-state index contributed by atoms with van der Waals surface area (Å²) in [4.78, 5) is 5.63. The van der Waals surface area contributed by atoms with Gasteiger partial charge in [0.25, 0.3) is 0 Å². The summed E-state index contributed by atoms with van der Waals surface area (Å²) >= 11 is 0. The van der Waals surface area contributed by atoms with Crippen molar-refractivity contribution in [3.05, 3.63) is 18.5 Å². The third-order valence-corrected chi connectivity index (χ3v) is 2.95. The number of guanidine groups is 1. The zero-order valence-corrected chi connectivity index (χ0v) is 13.6. The van der Waals surface area contributed by atoms with Crippen LogP contribution < -0.4 is 10.6 Å². The van der Waals surface area contributed by atoms with Crippen LogP contribution in [0.2, 0.25) is 0 Å². The van der Waals surface area contributed by atoms with Gasteiger partial charge in [0.15, 0.2) is 5.96 Å². The van der Waals surface area contributed by atoms with E-state index in [0.717, 1.165) is 13.0 Å². The second-order valence-corrected chi connectivity index (χ2v) is 5.16. The molecule has 0 saturated carbocycles. The molecule has 0 bridgehead atoms. The smallest absolute Gasteiger partial charge is 0.357 e. The van der Waals surface area contributed by atoms with E-state index in [-0.39, 0.29) is 6.54 Å². The molecule has 0 radical (unpaired) electrons. The highest BCUT2D eigenvalue weighted by molar-refractivity contribution is 5.79. The van der Waals surface area contributed by atoms with Crippen molar-refractivity contribution in [3.8, 4) is 0 Å². The number of nitrogens with one attached hydrogen (secondary N) is 2. The van der Waals surface area contributed by atoms with Gasteiger partial charge in [0, 0.05) is 45.1 Å². The Kier molecular flexibility index (Phi) is 8.46. The van der Waals surface area contributed by atoms with Gasteiger partial charge in [0.2, 0.25) is 0 Å². The molecule has 0 aliphatic rings. The molecule has 0 fully saturated rings. The molecule has 9 heteroatoms. The monoisotopic (exact) mass is 334 g/mol. The van der Waals surface area contributed by atoms with Crippen LogP contribution in [0.15, 0.2) is 23.5 Å². The predicted octanol–water partition coefficient (Wildman–Crippen LogP) is 1.32. The number of nitrogens with zero attached hydrogens (tertiary/aromatic N) is 4. The molecule has 6 nitrogen and oxygen atoms in total. The molecule has 1 heterocycles. The fraction of sp³-hybridized carbons (Fsp3) is 0.714. The summed E-state index contributed by atoms with van der Waals surface area (Å²) in [7, 11) is 1.45. The normalized spacial score (nSPS) is 12.7. The zero-order valence-electron chi connectivity index (χ0n) is 13.6. The fourth-order valence-corrected chi connectivity index (χ4v) is 1.95. The molecule has 2 N–H and O–H groups in total. The van der Waals surface area contributed by atoms with Gasteiger partial charge in [0.05, 0.1) is 6.54 Å². The Hall–Kier alpha value is -1.77. The Morgan fingerprint density at radius 3 is 2.74 bits per heavy atom. The van der Waals surface area contributed by atoms with E-state index < -0.39 is 12.7 Å². The minimum Gasteiger partial charge on any atom is -0.357 e. The van der Waals surface area contributed by atoms with E-state index in [9.17, 15) is 13.2 Å². The highest BCUT2D eigenvalue weighted by atomic mass is 19.4. The van der Waals surface area contributed by atoms with Crippen molar-refractivity contribution >= 4 is 5.96 Å². The Morgan fingerprint density at radius 1 is 1.35 bits per heavy atom. The topological polar surface area (TPSA) is 57.5 Å². The largest absolute Gasteiger partial charge is 0.401 e. The third kappa shape index (κ3) is 9.77. The molecule has 23 heavy (non-hydrogen) atoms. The maximum atomic E-state index is 12.2. The van der Waals surface area contributed by atoms with Crippen LogP contribution >= 0.6 is 0 Å². The van der Waals surface area contributed by atoms with Crippen molar-refractivity contribution in [1.29, 1.82) is 0 Å². The van der Waals surface area contributed by atoms with E-state index in [0.29, 0.717) is 25.6 Å². The van der Waals surface area contributed by atoms with Crippen LogP contribution in [-0.4, -0.2) is 66.6 Å². The van der Waals surface area contributed by atoms with Crippen molar-refractivity contribution in [2.24, 2.45) is 4.99 Å². The summed E-state index contributed by atoms with van der Waals surface area (Å²) < 4.78 is 38.5. The van der Waals surface area contributed by atoms with Crippen LogP contribution in [0.5, 0.6) is 0 Å². The minimum absolute atomic E-state index is 0.289. The van der Waals surface area contributed by atoms with E-state index >= 15 is 0 Å². The van der Waals surface area contributed by atoms with Gasteiger partial charge in [-0.05, 0) is 26.5 Å². The van der Waals surface area contributed by atoms with Crippen molar-refractivity contribution < 1.29 is 13.2 Å². The lowest BCUT2D eigenvalue weighted by Crippen LogP contribution is -2.42. The summed E-state index contributed by atoms with van der Waals surface area (Å²) in [5, 5.41) is 10.2. The number of hydrogen-bond donors (Lipinski definition) is 2. The number of aromatic nitrogens is 2. The number of hydrogen-bond acceptors (Lipinski definition) is 3. The summed E-state index contributed by atoms with van der Waals surface area (Å²) in [6.45, 7) is 3.82. The number of alkyl halides is 3. The van der Waals surface area contributed by atoms with E-state index in [2.05, 4.69) is 20.7 Å². The second kappa shape index (κ2) is 10.1. The molecular formula is C14H25F3N6. The van der Waals surface area contributed by atoms with Gasteiger partial charge in [-0.25, -0.2) is 0 Å².